The van der Waals surface area contributed by atoms with Gasteiger partial charge in [-0.1, -0.05) is 53.6 Å². The highest BCUT2D eigenvalue weighted by Gasteiger charge is 2.68. The summed E-state index contributed by atoms with van der Waals surface area (Å²) in [5.74, 6) is -3.04. The Kier molecular flexibility index (Phi) is 10.3. The average Bonchev–Trinajstić information content (AvgIpc) is 3.98. The van der Waals surface area contributed by atoms with Crippen molar-refractivity contribution in [2.75, 3.05) is 31.1 Å². The number of carbonyl (C=O) groups is 4. The standard InChI is InChI=1S/C51H45ClN4O8S/c1-26-36-22-29(52)11-20-42(36)65-46(26)39-25-43(54(3)53-39)56-48(59)38-24-37-33(45(51(38,2)50(56)61)34-16-14-31(57)23-41(34)64-6)17-18-35-44(37)49(60)55(47(35)58)30-12-8-27(9-13-30)7-10-28-21-32(62-4)15-19-40(28)63-5/h7-17,19-23,25,35,37-38,44-45,57H,18,24H2,1-6H3. The van der Waals surface area contributed by atoms with E-state index in [-0.39, 0.29) is 30.4 Å². The lowest BCUT2D eigenvalue weighted by Gasteiger charge is -2.49. The number of ether oxygens (including phenoxy) is 3. The first kappa shape index (κ1) is 42.3. The van der Waals surface area contributed by atoms with Crippen LogP contribution in [0.2, 0.25) is 5.02 Å². The van der Waals surface area contributed by atoms with E-state index in [4.69, 9.17) is 30.9 Å². The number of fused-ring (bicyclic) bond motifs is 5. The van der Waals surface area contributed by atoms with Crippen molar-refractivity contribution >= 4 is 80.3 Å². The van der Waals surface area contributed by atoms with E-state index in [1.54, 1.807) is 61.6 Å². The summed E-state index contributed by atoms with van der Waals surface area (Å²) in [6.45, 7) is 3.83. The summed E-state index contributed by atoms with van der Waals surface area (Å²) >= 11 is 7.91. The second-order valence-electron chi connectivity index (χ2n) is 17.3. The lowest BCUT2D eigenvalue weighted by molar-refractivity contribution is -0.131. The maximum absolute atomic E-state index is 15.3. The summed E-state index contributed by atoms with van der Waals surface area (Å²) in [4.78, 5) is 63.1. The number of phenols is 1. The van der Waals surface area contributed by atoms with Gasteiger partial charge in [0, 0.05) is 45.9 Å². The molecule has 0 radical (unpaired) electrons. The van der Waals surface area contributed by atoms with Gasteiger partial charge in [-0.15, -0.1) is 11.3 Å². The molecule has 4 heterocycles. The number of carbonyl (C=O) groups excluding carboxylic acids is 4. The van der Waals surface area contributed by atoms with Crippen molar-refractivity contribution in [3.8, 4) is 33.6 Å². The molecule has 1 N–H and O–H groups in total. The fourth-order valence-electron chi connectivity index (χ4n) is 10.9. The third-order valence-corrected chi connectivity index (χ3v) is 15.6. The third kappa shape index (κ3) is 6.49. The normalized spacial score (nSPS) is 23.9. The minimum Gasteiger partial charge on any atom is -0.508 e. The fraction of sp³-hybridized carbons (Fsp3) is 0.275. The van der Waals surface area contributed by atoms with Crippen LogP contribution in [-0.2, 0) is 26.2 Å². The number of imide groups is 2. The summed E-state index contributed by atoms with van der Waals surface area (Å²) in [5.41, 5.74) is 3.79. The van der Waals surface area contributed by atoms with Crippen LogP contribution in [0.3, 0.4) is 0 Å². The number of hydrogen-bond donors (Lipinski definition) is 1. The summed E-state index contributed by atoms with van der Waals surface area (Å²) < 4.78 is 19.4. The van der Waals surface area contributed by atoms with Crippen molar-refractivity contribution in [2.24, 2.45) is 36.1 Å². The molecule has 12 nitrogen and oxygen atoms in total. The second kappa shape index (κ2) is 15.8. The number of phenolic OH excluding ortho intramolecular Hbond substituents is 1. The van der Waals surface area contributed by atoms with Crippen LogP contribution >= 0.6 is 22.9 Å². The van der Waals surface area contributed by atoms with Gasteiger partial charge in [-0.25, -0.2) is 4.90 Å². The van der Waals surface area contributed by atoms with Crippen molar-refractivity contribution in [3.05, 3.63) is 124 Å². The second-order valence-corrected chi connectivity index (χ2v) is 18.8. The largest absolute Gasteiger partial charge is 0.508 e. The summed E-state index contributed by atoms with van der Waals surface area (Å²) in [6.07, 6.45) is 6.27. The first-order valence-electron chi connectivity index (χ1n) is 21.3. The summed E-state index contributed by atoms with van der Waals surface area (Å²) in [7, 11) is 6.42. The lowest BCUT2D eigenvalue weighted by Crippen LogP contribution is -2.49. The van der Waals surface area contributed by atoms with Crippen LogP contribution in [0.15, 0.2) is 96.6 Å². The van der Waals surface area contributed by atoms with E-state index in [1.807, 2.05) is 80.6 Å². The molecule has 6 aromatic rings. The Hall–Kier alpha value is -6.70. The van der Waals surface area contributed by atoms with Crippen LogP contribution in [0.4, 0.5) is 11.5 Å². The molecule has 0 spiro atoms. The number of hydrogen-bond acceptors (Lipinski definition) is 10. The Bertz CT molecular complexity index is 3060. The Morgan fingerprint density at radius 3 is 2.34 bits per heavy atom. The smallest absolute Gasteiger partial charge is 0.242 e. The van der Waals surface area contributed by atoms with Crippen LogP contribution in [0.5, 0.6) is 23.0 Å². The van der Waals surface area contributed by atoms with Gasteiger partial charge in [0.05, 0.1) is 55.1 Å². The molecule has 1 saturated carbocycles. The van der Waals surface area contributed by atoms with Crippen molar-refractivity contribution in [1.82, 2.24) is 9.78 Å². The molecule has 4 aromatic carbocycles. The molecule has 3 fully saturated rings. The molecule has 2 aromatic heterocycles. The van der Waals surface area contributed by atoms with Gasteiger partial charge in [0.15, 0.2) is 0 Å². The van der Waals surface area contributed by atoms with Crippen molar-refractivity contribution < 1.29 is 38.5 Å². The lowest BCUT2D eigenvalue weighted by atomic mass is 9.51. The molecule has 330 valence electrons. The molecule has 65 heavy (non-hydrogen) atoms. The number of methoxy groups -OCH3 is 3. The number of aromatic nitrogens is 2. The molecule has 2 aliphatic heterocycles. The van der Waals surface area contributed by atoms with Crippen LogP contribution in [0.1, 0.15) is 47.9 Å². The van der Waals surface area contributed by atoms with E-state index in [2.05, 4.69) is 0 Å². The number of allylic oxidation sites excluding steroid dienone is 2. The maximum Gasteiger partial charge on any atom is 0.242 e. The highest BCUT2D eigenvalue weighted by molar-refractivity contribution is 7.22. The minimum atomic E-state index is -1.34. The van der Waals surface area contributed by atoms with E-state index in [9.17, 15) is 14.7 Å². The van der Waals surface area contributed by atoms with E-state index < -0.39 is 46.8 Å². The number of anilines is 2. The number of nitrogens with zero attached hydrogens (tertiary/aromatic N) is 4. The third-order valence-electron chi connectivity index (χ3n) is 14.1. The molecule has 2 aliphatic carbocycles. The highest BCUT2D eigenvalue weighted by atomic mass is 35.5. The number of aromatic hydroxyl groups is 1. The van der Waals surface area contributed by atoms with Gasteiger partial charge in [0.2, 0.25) is 23.6 Å². The van der Waals surface area contributed by atoms with Crippen LogP contribution in [0, 0.1) is 36.0 Å². The quantitative estimate of drug-likeness (QED) is 0.0853. The number of halogens is 1. The number of aryl methyl sites for hydroxylation is 2. The Balaban J connectivity index is 1.01. The predicted molar refractivity (Wildman–Crippen MR) is 250 cm³/mol. The molecule has 0 bridgehead atoms. The first-order chi connectivity index (χ1) is 31.3. The van der Waals surface area contributed by atoms with Crippen molar-refractivity contribution in [3.63, 3.8) is 0 Å². The van der Waals surface area contributed by atoms with E-state index >= 15 is 9.59 Å². The van der Waals surface area contributed by atoms with Gasteiger partial charge in [0.25, 0.3) is 0 Å². The van der Waals surface area contributed by atoms with Gasteiger partial charge in [-0.3, -0.25) is 28.8 Å². The van der Waals surface area contributed by atoms with Gasteiger partial charge in [-0.2, -0.15) is 5.10 Å². The molecule has 2 saturated heterocycles. The van der Waals surface area contributed by atoms with E-state index in [0.717, 1.165) is 37.2 Å². The Morgan fingerprint density at radius 2 is 1.60 bits per heavy atom. The van der Waals surface area contributed by atoms with Crippen LogP contribution in [0.25, 0.3) is 32.8 Å². The molecule has 6 atom stereocenters. The minimum absolute atomic E-state index is 0.0252. The van der Waals surface area contributed by atoms with Crippen LogP contribution in [-0.4, -0.2) is 59.8 Å². The first-order valence-corrected chi connectivity index (χ1v) is 22.5. The van der Waals surface area contributed by atoms with Gasteiger partial charge < -0.3 is 19.3 Å². The van der Waals surface area contributed by atoms with Crippen molar-refractivity contribution in [2.45, 2.75) is 32.6 Å². The number of benzene rings is 4. The highest BCUT2D eigenvalue weighted by Crippen LogP contribution is 2.65. The average molecular weight is 909 g/mol. The van der Waals surface area contributed by atoms with Crippen LogP contribution < -0.4 is 24.0 Å². The number of rotatable bonds is 9. The monoisotopic (exact) mass is 908 g/mol. The SMILES string of the molecule is COc1ccc(OC)c(C=Cc2ccc(N3C(=O)C4CC=C5C(CC6C(=O)N(c7cc(-c8sc9ccc(Cl)cc9c8C)nn7C)C(=O)C6(C)C5c5ccc(O)cc5OC)C4C3=O)cc2)c1. The summed E-state index contributed by atoms with van der Waals surface area (Å²) in [6, 6.07) is 25.0. The zero-order chi connectivity index (χ0) is 45.6. The molecule has 4 amide bonds. The zero-order valence-corrected chi connectivity index (χ0v) is 38.1. The van der Waals surface area contributed by atoms with Crippen molar-refractivity contribution in [1.29, 1.82) is 0 Å². The molecule has 4 aliphatic rings. The van der Waals surface area contributed by atoms with Gasteiger partial charge in [-0.05, 0) is 104 Å². The van der Waals surface area contributed by atoms with E-state index in [0.29, 0.717) is 45.0 Å². The topological polar surface area (TPSA) is 140 Å². The molecular formula is C51H45ClN4O8S. The zero-order valence-electron chi connectivity index (χ0n) is 36.5. The number of thiophene rings is 1. The number of amides is 4. The molecule has 10 rings (SSSR count). The summed E-state index contributed by atoms with van der Waals surface area (Å²) in [5, 5.41) is 17.0. The molecular weight excluding hydrogens is 864 g/mol. The van der Waals surface area contributed by atoms with Gasteiger partial charge in [0.1, 0.15) is 34.5 Å². The predicted octanol–water partition coefficient (Wildman–Crippen LogP) is 9.60. The van der Waals surface area contributed by atoms with Gasteiger partial charge >= 0.3 is 0 Å². The molecule has 6 unspecified atom stereocenters. The fourth-order valence-corrected chi connectivity index (χ4v) is 12.2. The Labute approximate surface area is 384 Å². The Morgan fingerprint density at radius 1 is 0.831 bits per heavy atom. The maximum atomic E-state index is 15.3. The molecule has 14 heteroatoms. The van der Waals surface area contributed by atoms with E-state index in [1.165, 1.54) is 29.0 Å².